The minimum absolute atomic E-state index is 0.801. The van der Waals surface area contributed by atoms with Crippen LogP contribution in [0.5, 0.6) is 0 Å². The third kappa shape index (κ3) is 3.65. The normalized spacial score (nSPS) is 20.1. The lowest BCUT2D eigenvalue weighted by atomic mass is 10.0. The standard InChI is InChI=1S/C11H24N2/c1-4-13(9-10(2)3)11-5-7-12-8-6-11/h10-12H,4-9H2,1-3H3. The molecule has 1 rings (SSSR count). The van der Waals surface area contributed by atoms with Crippen LogP contribution in [0.25, 0.3) is 0 Å². The molecule has 1 fully saturated rings. The molecule has 0 bridgehead atoms. The van der Waals surface area contributed by atoms with Crippen molar-refractivity contribution in [3.63, 3.8) is 0 Å². The van der Waals surface area contributed by atoms with Crippen molar-refractivity contribution >= 4 is 0 Å². The van der Waals surface area contributed by atoms with Gasteiger partial charge in [-0.1, -0.05) is 20.8 Å². The van der Waals surface area contributed by atoms with Crippen LogP contribution in [0, 0.1) is 5.92 Å². The number of nitrogens with zero attached hydrogens (tertiary/aromatic N) is 1. The molecule has 0 aromatic rings. The van der Waals surface area contributed by atoms with Gasteiger partial charge in [0.25, 0.3) is 0 Å². The Morgan fingerprint density at radius 2 is 1.92 bits per heavy atom. The molecule has 1 saturated heterocycles. The fraction of sp³-hybridized carbons (Fsp3) is 1.00. The predicted octanol–water partition coefficient (Wildman–Crippen LogP) is 1.72. The molecule has 1 aliphatic heterocycles. The van der Waals surface area contributed by atoms with Crippen molar-refractivity contribution in [1.29, 1.82) is 0 Å². The van der Waals surface area contributed by atoms with Gasteiger partial charge in [-0.25, -0.2) is 0 Å². The predicted molar refractivity (Wildman–Crippen MR) is 58.0 cm³/mol. The number of piperidine rings is 1. The fourth-order valence-electron chi connectivity index (χ4n) is 2.18. The molecule has 2 heteroatoms. The maximum Gasteiger partial charge on any atom is 0.0119 e. The summed E-state index contributed by atoms with van der Waals surface area (Å²) < 4.78 is 0. The van der Waals surface area contributed by atoms with Gasteiger partial charge < -0.3 is 10.2 Å². The van der Waals surface area contributed by atoms with Gasteiger partial charge in [-0.15, -0.1) is 0 Å². The zero-order valence-corrected chi connectivity index (χ0v) is 9.34. The molecule has 0 aromatic heterocycles. The third-order valence-electron chi connectivity index (χ3n) is 2.83. The summed E-state index contributed by atoms with van der Waals surface area (Å²) >= 11 is 0. The van der Waals surface area contributed by atoms with Crippen molar-refractivity contribution in [3.8, 4) is 0 Å². The second-order valence-corrected chi connectivity index (χ2v) is 4.46. The van der Waals surface area contributed by atoms with E-state index in [-0.39, 0.29) is 0 Å². The molecule has 1 heterocycles. The molecule has 0 spiro atoms. The molecule has 0 aliphatic carbocycles. The average molecular weight is 184 g/mol. The highest BCUT2D eigenvalue weighted by Gasteiger charge is 2.19. The van der Waals surface area contributed by atoms with E-state index in [1.807, 2.05) is 0 Å². The number of hydrogen-bond donors (Lipinski definition) is 1. The molecule has 0 radical (unpaired) electrons. The first-order valence-corrected chi connectivity index (χ1v) is 5.68. The van der Waals surface area contributed by atoms with Gasteiger partial charge in [0.2, 0.25) is 0 Å². The average Bonchev–Trinajstić information content (AvgIpc) is 2.15. The van der Waals surface area contributed by atoms with E-state index in [0.29, 0.717) is 0 Å². The van der Waals surface area contributed by atoms with Crippen molar-refractivity contribution in [2.45, 2.75) is 39.7 Å². The third-order valence-corrected chi connectivity index (χ3v) is 2.83. The van der Waals surface area contributed by atoms with Gasteiger partial charge >= 0.3 is 0 Å². The second kappa shape index (κ2) is 5.61. The number of rotatable bonds is 4. The lowest BCUT2D eigenvalue weighted by Crippen LogP contribution is -2.44. The molecular formula is C11H24N2. The highest BCUT2D eigenvalue weighted by Crippen LogP contribution is 2.13. The molecule has 78 valence electrons. The molecular weight excluding hydrogens is 160 g/mol. The van der Waals surface area contributed by atoms with Gasteiger partial charge in [0.15, 0.2) is 0 Å². The molecule has 0 amide bonds. The minimum atomic E-state index is 0.801. The van der Waals surface area contributed by atoms with Gasteiger partial charge in [0.05, 0.1) is 0 Å². The summed E-state index contributed by atoms with van der Waals surface area (Å²) in [6.45, 7) is 11.8. The van der Waals surface area contributed by atoms with Crippen LogP contribution in [0.3, 0.4) is 0 Å². The Kier molecular flexibility index (Phi) is 4.74. The highest BCUT2D eigenvalue weighted by molar-refractivity contribution is 4.77. The molecule has 13 heavy (non-hydrogen) atoms. The van der Waals surface area contributed by atoms with Crippen LogP contribution in [-0.4, -0.2) is 37.1 Å². The Hall–Kier alpha value is -0.0800. The van der Waals surface area contributed by atoms with Crippen LogP contribution in [0.2, 0.25) is 0 Å². The second-order valence-electron chi connectivity index (χ2n) is 4.46. The SMILES string of the molecule is CCN(CC(C)C)C1CCNCC1. The quantitative estimate of drug-likeness (QED) is 0.715. The van der Waals surface area contributed by atoms with Crippen molar-refractivity contribution in [2.24, 2.45) is 5.92 Å². The zero-order valence-electron chi connectivity index (χ0n) is 9.34. The van der Waals surface area contributed by atoms with Gasteiger partial charge in [-0.2, -0.15) is 0 Å². The zero-order chi connectivity index (χ0) is 9.68. The van der Waals surface area contributed by atoms with Crippen LogP contribution < -0.4 is 5.32 Å². The largest absolute Gasteiger partial charge is 0.317 e. The molecule has 0 unspecified atom stereocenters. The maximum absolute atomic E-state index is 3.42. The van der Waals surface area contributed by atoms with E-state index in [4.69, 9.17) is 0 Å². The van der Waals surface area contributed by atoms with Crippen molar-refractivity contribution in [1.82, 2.24) is 10.2 Å². The first-order chi connectivity index (χ1) is 6.24. The number of nitrogens with one attached hydrogen (secondary N) is 1. The van der Waals surface area contributed by atoms with Crippen molar-refractivity contribution in [2.75, 3.05) is 26.2 Å². The van der Waals surface area contributed by atoms with Crippen LogP contribution in [0.4, 0.5) is 0 Å². The molecule has 0 aromatic carbocycles. The Balaban J connectivity index is 2.34. The summed E-state index contributed by atoms with van der Waals surface area (Å²) in [4.78, 5) is 2.64. The topological polar surface area (TPSA) is 15.3 Å². The summed E-state index contributed by atoms with van der Waals surface area (Å²) in [6.07, 6.45) is 2.67. The summed E-state index contributed by atoms with van der Waals surface area (Å²) in [6, 6.07) is 0.841. The van der Waals surface area contributed by atoms with Crippen molar-refractivity contribution in [3.05, 3.63) is 0 Å². The van der Waals surface area contributed by atoms with Crippen LogP contribution in [-0.2, 0) is 0 Å². The van der Waals surface area contributed by atoms with E-state index in [9.17, 15) is 0 Å². The maximum atomic E-state index is 3.42. The Bertz CT molecular complexity index is 128. The van der Waals surface area contributed by atoms with Crippen LogP contribution in [0.1, 0.15) is 33.6 Å². The fourth-order valence-corrected chi connectivity index (χ4v) is 2.18. The first-order valence-electron chi connectivity index (χ1n) is 5.68. The molecule has 2 nitrogen and oxygen atoms in total. The van der Waals surface area contributed by atoms with E-state index in [0.717, 1.165) is 12.0 Å². The van der Waals surface area contributed by atoms with E-state index in [1.54, 1.807) is 0 Å². The molecule has 1 N–H and O–H groups in total. The van der Waals surface area contributed by atoms with Gasteiger partial charge in [-0.05, 0) is 38.4 Å². The van der Waals surface area contributed by atoms with Crippen LogP contribution in [0.15, 0.2) is 0 Å². The van der Waals surface area contributed by atoms with E-state index < -0.39 is 0 Å². The monoisotopic (exact) mass is 184 g/mol. The Labute approximate surface area is 82.7 Å². The lowest BCUT2D eigenvalue weighted by Gasteiger charge is -2.34. The summed E-state index contributed by atoms with van der Waals surface area (Å²) in [7, 11) is 0. The molecule has 0 atom stereocenters. The lowest BCUT2D eigenvalue weighted by molar-refractivity contribution is 0.153. The Morgan fingerprint density at radius 1 is 1.31 bits per heavy atom. The number of hydrogen-bond acceptors (Lipinski definition) is 2. The summed E-state index contributed by atoms with van der Waals surface area (Å²) in [5.41, 5.74) is 0. The summed E-state index contributed by atoms with van der Waals surface area (Å²) in [5.74, 6) is 0.801. The molecule has 1 aliphatic rings. The Morgan fingerprint density at radius 3 is 2.38 bits per heavy atom. The van der Waals surface area contributed by atoms with Gasteiger partial charge in [0.1, 0.15) is 0 Å². The highest BCUT2D eigenvalue weighted by atomic mass is 15.2. The van der Waals surface area contributed by atoms with Gasteiger partial charge in [0, 0.05) is 12.6 Å². The minimum Gasteiger partial charge on any atom is -0.317 e. The molecule has 0 saturated carbocycles. The summed E-state index contributed by atoms with van der Waals surface area (Å²) in [5, 5.41) is 3.42. The van der Waals surface area contributed by atoms with Crippen LogP contribution >= 0.6 is 0 Å². The smallest absolute Gasteiger partial charge is 0.0119 e. The van der Waals surface area contributed by atoms with E-state index in [2.05, 4.69) is 31.0 Å². The van der Waals surface area contributed by atoms with Gasteiger partial charge in [-0.3, -0.25) is 0 Å². The van der Waals surface area contributed by atoms with Crippen molar-refractivity contribution < 1.29 is 0 Å². The van der Waals surface area contributed by atoms with E-state index in [1.165, 1.54) is 39.0 Å². The van der Waals surface area contributed by atoms with E-state index >= 15 is 0 Å². The first kappa shape index (κ1) is 11.0.